The smallest absolute Gasteiger partial charge is 0.306 e. The number of carbonyl (C=O) groups is 1. The molecule has 3 heteroatoms. The van der Waals surface area contributed by atoms with Crippen molar-refractivity contribution in [2.24, 2.45) is 5.92 Å². The molecular formula is C14H18O3. The van der Waals surface area contributed by atoms with Crippen LogP contribution in [0.25, 0.3) is 0 Å². The fourth-order valence-corrected chi connectivity index (χ4v) is 2.05. The van der Waals surface area contributed by atoms with Crippen molar-refractivity contribution in [2.45, 2.75) is 32.1 Å². The van der Waals surface area contributed by atoms with E-state index < -0.39 is 5.97 Å². The number of carboxylic acid groups (broad SMARTS) is 1. The van der Waals surface area contributed by atoms with Crippen molar-refractivity contribution in [2.75, 3.05) is 7.11 Å². The van der Waals surface area contributed by atoms with Crippen LogP contribution in [0.1, 0.15) is 36.8 Å². The molecule has 0 aromatic heterocycles. The number of benzene rings is 1. The van der Waals surface area contributed by atoms with E-state index >= 15 is 0 Å². The van der Waals surface area contributed by atoms with Crippen molar-refractivity contribution in [1.29, 1.82) is 0 Å². The maximum absolute atomic E-state index is 10.8. The molecular weight excluding hydrogens is 216 g/mol. The largest absolute Gasteiger partial charge is 0.496 e. The minimum atomic E-state index is -0.754. The van der Waals surface area contributed by atoms with Crippen LogP contribution in [-0.2, 0) is 11.2 Å². The average molecular weight is 234 g/mol. The van der Waals surface area contributed by atoms with Crippen LogP contribution >= 0.6 is 0 Å². The zero-order valence-electron chi connectivity index (χ0n) is 10.3. The Balaban J connectivity index is 2.16. The number of hydrogen-bond acceptors (Lipinski definition) is 2. The predicted molar refractivity (Wildman–Crippen MR) is 65.5 cm³/mol. The van der Waals surface area contributed by atoms with Crippen LogP contribution in [0.5, 0.6) is 5.75 Å². The van der Waals surface area contributed by atoms with Gasteiger partial charge in [0.05, 0.1) is 13.0 Å². The van der Waals surface area contributed by atoms with E-state index in [0.717, 1.165) is 11.3 Å². The van der Waals surface area contributed by atoms with Gasteiger partial charge in [0, 0.05) is 0 Å². The van der Waals surface area contributed by atoms with Crippen LogP contribution < -0.4 is 4.74 Å². The molecule has 0 amide bonds. The molecule has 17 heavy (non-hydrogen) atoms. The summed E-state index contributed by atoms with van der Waals surface area (Å²) in [6.07, 6.45) is 3.03. The highest BCUT2D eigenvalue weighted by molar-refractivity contribution is 5.70. The second kappa shape index (κ2) is 4.78. The third-order valence-corrected chi connectivity index (χ3v) is 3.28. The maximum Gasteiger partial charge on any atom is 0.306 e. The van der Waals surface area contributed by atoms with E-state index in [4.69, 9.17) is 9.84 Å². The summed E-state index contributed by atoms with van der Waals surface area (Å²) in [4.78, 5) is 10.8. The van der Waals surface area contributed by atoms with E-state index in [1.165, 1.54) is 18.4 Å². The monoisotopic (exact) mass is 234 g/mol. The zero-order chi connectivity index (χ0) is 12.4. The molecule has 1 atom stereocenters. The molecule has 92 valence electrons. The molecule has 1 fully saturated rings. The van der Waals surface area contributed by atoms with E-state index in [1.807, 2.05) is 12.1 Å². The first kappa shape index (κ1) is 12.0. The van der Waals surface area contributed by atoms with E-state index in [-0.39, 0.29) is 5.92 Å². The number of carboxylic acids is 1. The fraction of sp³-hybridized carbons (Fsp3) is 0.500. The van der Waals surface area contributed by atoms with E-state index in [0.29, 0.717) is 12.3 Å². The summed E-state index contributed by atoms with van der Waals surface area (Å²) in [6, 6.07) is 6.09. The highest BCUT2D eigenvalue weighted by atomic mass is 16.5. The Labute approximate surface area is 101 Å². The number of ether oxygens (including phenoxy) is 1. The van der Waals surface area contributed by atoms with Crippen LogP contribution in [0.15, 0.2) is 18.2 Å². The van der Waals surface area contributed by atoms with Gasteiger partial charge in [0.2, 0.25) is 0 Å². The van der Waals surface area contributed by atoms with Crippen molar-refractivity contribution >= 4 is 5.97 Å². The molecule has 0 heterocycles. The van der Waals surface area contributed by atoms with Gasteiger partial charge in [-0.25, -0.2) is 0 Å². The van der Waals surface area contributed by atoms with Gasteiger partial charge in [-0.05, 0) is 42.4 Å². The van der Waals surface area contributed by atoms with Gasteiger partial charge in [0.25, 0.3) is 0 Å². The Hall–Kier alpha value is -1.51. The van der Waals surface area contributed by atoms with Crippen LogP contribution in [0.4, 0.5) is 0 Å². The maximum atomic E-state index is 10.8. The molecule has 1 saturated carbocycles. The number of rotatable bonds is 5. The Morgan fingerprint density at radius 2 is 2.24 bits per heavy atom. The SMILES string of the molecule is COc1cc(CC(C)C(=O)O)ccc1C1CC1. The first-order chi connectivity index (χ1) is 8.11. The van der Waals surface area contributed by atoms with Gasteiger partial charge in [-0.15, -0.1) is 0 Å². The predicted octanol–water partition coefficient (Wildman–Crippen LogP) is 2.84. The van der Waals surface area contributed by atoms with Crippen molar-refractivity contribution in [3.8, 4) is 5.75 Å². The summed E-state index contributed by atoms with van der Waals surface area (Å²) in [6.45, 7) is 1.73. The van der Waals surface area contributed by atoms with Crippen molar-refractivity contribution in [3.63, 3.8) is 0 Å². The van der Waals surface area contributed by atoms with E-state index in [9.17, 15) is 4.79 Å². The molecule has 1 aliphatic carbocycles. The van der Waals surface area contributed by atoms with Crippen LogP contribution in [0, 0.1) is 5.92 Å². The lowest BCUT2D eigenvalue weighted by Crippen LogP contribution is -2.12. The summed E-state index contributed by atoms with van der Waals surface area (Å²) in [5.74, 6) is 0.445. The zero-order valence-corrected chi connectivity index (χ0v) is 10.3. The molecule has 0 spiro atoms. The molecule has 0 bridgehead atoms. The summed E-state index contributed by atoms with van der Waals surface area (Å²) < 4.78 is 5.38. The normalized spacial score (nSPS) is 16.6. The summed E-state index contributed by atoms with van der Waals surface area (Å²) in [5.41, 5.74) is 2.29. The molecule has 3 nitrogen and oxygen atoms in total. The summed E-state index contributed by atoms with van der Waals surface area (Å²) in [7, 11) is 1.67. The van der Waals surface area contributed by atoms with Gasteiger partial charge in [0.1, 0.15) is 5.75 Å². The highest BCUT2D eigenvalue weighted by Crippen LogP contribution is 2.44. The molecule has 1 aliphatic rings. The van der Waals surface area contributed by atoms with Crippen molar-refractivity contribution < 1.29 is 14.6 Å². The van der Waals surface area contributed by atoms with Crippen molar-refractivity contribution in [1.82, 2.24) is 0 Å². The van der Waals surface area contributed by atoms with Crippen molar-refractivity contribution in [3.05, 3.63) is 29.3 Å². The minimum absolute atomic E-state index is 0.355. The molecule has 0 aliphatic heterocycles. The Morgan fingerprint density at radius 1 is 1.53 bits per heavy atom. The lowest BCUT2D eigenvalue weighted by Gasteiger charge is -2.11. The lowest BCUT2D eigenvalue weighted by molar-refractivity contribution is -0.141. The van der Waals surface area contributed by atoms with E-state index in [2.05, 4.69) is 6.07 Å². The minimum Gasteiger partial charge on any atom is -0.496 e. The summed E-state index contributed by atoms with van der Waals surface area (Å²) in [5, 5.41) is 8.89. The first-order valence-corrected chi connectivity index (χ1v) is 6.01. The topological polar surface area (TPSA) is 46.5 Å². The van der Waals surface area contributed by atoms with Gasteiger partial charge in [-0.1, -0.05) is 19.1 Å². The number of aliphatic carboxylic acids is 1. The lowest BCUT2D eigenvalue weighted by atomic mass is 9.98. The molecule has 0 radical (unpaired) electrons. The third kappa shape index (κ3) is 2.78. The van der Waals surface area contributed by atoms with Crippen LogP contribution in [0.3, 0.4) is 0 Å². The standard InChI is InChI=1S/C14H18O3/c1-9(14(15)16)7-10-3-6-12(11-4-5-11)13(8-10)17-2/h3,6,8-9,11H,4-5,7H2,1-2H3,(H,15,16). The fourth-order valence-electron chi connectivity index (χ4n) is 2.05. The first-order valence-electron chi connectivity index (χ1n) is 6.01. The molecule has 1 N–H and O–H groups in total. The second-order valence-electron chi connectivity index (χ2n) is 4.79. The Kier molecular flexibility index (Phi) is 3.36. The molecule has 0 saturated heterocycles. The molecule has 1 unspecified atom stereocenters. The Morgan fingerprint density at radius 3 is 2.76 bits per heavy atom. The molecule has 2 rings (SSSR count). The highest BCUT2D eigenvalue weighted by Gasteiger charge is 2.26. The van der Waals surface area contributed by atoms with Gasteiger partial charge in [-0.3, -0.25) is 4.79 Å². The molecule has 1 aromatic rings. The van der Waals surface area contributed by atoms with Gasteiger partial charge in [-0.2, -0.15) is 0 Å². The van der Waals surface area contributed by atoms with Crippen LogP contribution in [0.2, 0.25) is 0 Å². The van der Waals surface area contributed by atoms with Crippen LogP contribution in [-0.4, -0.2) is 18.2 Å². The van der Waals surface area contributed by atoms with Gasteiger partial charge in [0.15, 0.2) is 0 Å². The molecule has 1 aromatic carbocycles. The Bertz CT molecular complexity index is 421. The second-order valence-corrected chi connectivity index (χ2v) is 4.79. The number of methoxy groups -OCH3 is 1. The third-order valence-electron chi connectivity index (χ3n) is 3.28. The van der Waals surface area contributed by atoms with Gasteiger partial charge < -0.3 is 9.84 Å². The van der Waals surface area contributed by atoms with E-state index in [1.54, 1.807) is 14.0 Å². The average Bonchev–Trinajstić information content (AvgIpc) is 3.12. The quantitative estimate of drug-likeness (QED) is 0.852. The van der Waals surface area contributed by atoms with Gasteiger partial charge >= 0.3 is 5.97 Å². The summed E-state index contributed by atoms with van der Waals surface area (Å²) >= 11 is 0. The number of hydrogen-bond donors (Lipinski definition) is 1.